The summed E-state index contributed by atoms with van der Waals surface area (Å²) in [5, 5.41) is 12.2. The third kappa shape index (κ3) is 3.23. The Hall–Kier alpha value is -2.87. The molecule has 1 saturated carbocycles. The summed E-state index contributed by atoms with van der Waals surface area (Å²) in [5.74, 6) is -0.487. The Bertz CT molecular complexity index is 828. The predicted molar refractivity (Wildman–Crippen MR) is 91.4 cm³/mol. The number of aromatic amines is 1. The minimum atomic E-state index is -0.847. The van der Waals surface area contributed by atoms with Crippen molar-refractivity contribution in [2.75, 3.05) is 0 Å². The molecule has 1 aromatic carbocycles. The van der Waals surface area contributed by atoms with Gasteiger partial charge in [-0.3, -0.25) is 9.59 Å². The Balaban J connectivity index is 1.83. The fourth-order valence-corrected chi connectivity index (χ4v) is 3.14. The molecule has 2 aromatic rings. The molecule has 1 aromatic heterocycles. The van der Waals surface area contributed by atoms with Gasteiger partial charge >= 0.3 is 0 Å². The zero-order valence-electron chi connectivity index (χ0n) is 13.3. The molecule has 1 heterocycles. The molecule has 24 heavy (non-hydrogen) atoms. The van der Waals surface area contributed by atoms with E-state index < -0.39 is 17.0 Å². The zero-order valence-corrected chi connectivity index (χ0v) is 13.3. The van der Waals surface area contributed by atoms with Crippen molar-refractivity contribution >= 4 is 5.91 Å². The molecule has 0 atom stereocenters. The molecule has 3 rings (SSSR count). The maximum atomic E-state index is 12.5. The highest BCUT2D eigenvalue weighted by Gasteiger charge is 2.34. The summed E-state index contributed by atoms with van der Waals surface area (Å²) in [6, 6.07) is 14.9. The van der Waals surface area contributed by atoms with Crippen LogP contribution in [-0.4, -0.2) is 16.4 Å². The topological polar surface area (TPSA) is 85.8 Å². The molecule has 1 fully saturated rings. The van der Waals surface area contributed by atoms with Crippen LogP contribution >= 0.6 is 0 Å². The van der Waals surface area contributed by atoms with Gasteiger partial charge in [-0.1, -0.05) is 49.6 Å². The lowest BCUT2D eigenvalue weighted by molar-refractivity contribution is 0.0901. The SMILES string of the molecule is N#CC1(NC(=O)c2ccc(-c3ccccc3)[nH]c2=O)CCCCC1. The van der Waals surface area contributed by atoms with E-state index in [-0.39, 0.29) is 5.56 Å². The lowest BCUT2D eigenvalue weighted by atomic mass is 9.82. The number of nitrogens with one attached hydrogen (secondary N) is 2. The molecule has 1 amide bonds. The van der Waals surface area contributed by atoms with Crippen LogP contribution in [0.2, 0.25) is 0 Å². The van der Waals surface area contributed by atoms with Crippen molar-refractivity contribution in [3.8, 4) is 17.3 Å². The first-order valence-corrected chi connectivity index (χ1v) is 8.16. The van der Waals surface area contributed by atoms with E-state index >= 15 is 0 Å². The van der Waals surface area contributed by atoms with Crippen LogP contribution in [-0.2, 0) is 0 Å². The average Bonchev–Trinajstić information content (AvgIpc) is 2.63. The van der Waals surface area contributed by atoms with Crippen molar-refractivity contribution in [3.63, 3.8) is 0 Å². The summed E-state index contributed by atoms with van der Waals surface area (Å²) >= 11 is 0. The molecular formula is C19H19N3O2. The smallest absolute Gasteiger partial charge is 0.261 e. The molecule has 122 valence electrons. The van der Waals surface area contributed by atoms with E-state index in [4.69, 9.17) is 0 Å². The highest BCUT2D eigenvalue weighted by atomic mass is 16.2. The Labute approximate surface area is 140 Å². The van der Waals surface area contributed by atoms with Gasteiger partial charge in [-0.2, -0.15) is 5.26 Å². The van der Waals surface area contributed by atoms with Gasteiger partial charge in [0.25, 0.3) is 11.5 Å². The van der Waals surface area contributed by atoms with E-state index in [0.717, 1.165) is 24.8 Å². The second kappa shape index (κ2) is 6.71. The first-order chi connectivity index (χ1) is 11.6. The third-order valence-corrected chi connectivity index (χ3v) is 4.51. The van der Waals surface area contributed by atoms with Crippen molar-refractivity contribution in [2.45, 2.75) is 37.6 Å². The Morgan fingerprint density at radius 1 is 1.08 bits per heavy atom. The molecule has 0 radical (unpaired) electrons. The number of nitriles is 1. The number of amides is 1. The normalized spacial score (nSPS) is 16.1. The number of aromatic nitrogens is 1. The van der Waals surface area contributed by atoms with Crippen molar-refractivity contribution in [1.29, 1.82) is 5.26 Å². The molecule has 1 aliphatic rings. The number of hydrogen-bond acceptors (Lipinski definition) is 3. The van der Waals surface area contributed by atoms with E-state index in [1.54, 1.807) is 6.07 Å². The molecule has 2 N–H and O–H groups in total. The van der Waals surface area contributed by atoms with E-state index in [1.165, 1.54) is 6.07 Å². The molecule has 0 spiro atoms. The van der Waals surface area contributed by atoms with Crippen molar-refractivity contribution in [2.24, 2.45) is 0 Å². The van der Waals surface area contributed by atoms with Crippen LogP contribution in [0, 0.1) is 11.3 Å². The number of carbonyl (C=O) groups excluding carboxylic acids is 1. The van der Waals surface area contributed by atoms with Gasteiger partial charge in [0.05, 0.1) is 6.07 Å². The second-order valence-corrected chi connectivity index (χ2v) is 6.19. The Morgan fingerprint density at radius 3 is 2.42 bits per heavy atom. The number of benzene rings is 1. The molecule has 0 unspecified atom stereocenters. The summed E-state index contributed by atoms with van der Waals surface area (Å²) in [6.45, 7) is 0. The summed E-state index contributed by atoms with van der Waals surface area (Å²) in [4.78, 5) is 27.5. The molecule has 0 bridgehead atoms. The minimum absolute atomic E-state index is 0.0369. The number of rotatable bonds is 3. The summed E-state index contributed by atoms with van der Waals surface area (Å²) in [7, 11) is 0. The van der Waals surface area contributed by atoms with E-state index in [2.05, 4.69) is 16.4 Å². The lowest BCUT2D eigenvalue weighted by Crippen LogP contribution is -2.49. The second-order valence-electron chi connectivity index (χ2n) is 6.19. The Kier molecular flexibility index (Phi) is 4.48. The number of nitrogens with zero attached hydrogens (tertiary/aromatic N) is 1. The van der Waals surface area contributed by atoms with Gasteiger partial charge in [-0.15, -0.1) is 0 Å². The summed E-state index contributed by atoms with van der Waals surface area (Å²) in [5.41, 5.74) is 0.277. The van der Waals surface area contributed by atoms with Crippen LogP contribution in [0.15, 0.2) is 47.3 Å². The minimum Gasteiger partial charge on any atom is -0.334 e. The third-order valence-electron chi connectivity index (χ3n) is 4.51. The van der Waals surface area contributed by atoms with Crippen LogP contribution in [0.3, 0.4) is 0 Å². The van der Waals surface area contributed by atoms with Crippen LogP contribution in [0.1, 0.15) is 42.5 Å². The molecule has 0 saturated heterocycles. The van der Waals surface area contributed by atoms with Gasteiger partial charge in [-0.25, -0.2) is 0 Å². The Morgan fingerprint density at radius 2 is 1.79 bits per heavy atom. The van der Waals surface area contributed by atoms with Gasteiger partial charge in [-0.05, 0) is 30.5 Å². The van der Waals surface area contributed by atoms with Crippen molar-refractivity contribution < 1.29 is 4.79 Å². The molecular weight excluding hydrogens is 302 g/mol. The van der Waals surface area contributed by atoms with E-state index in [0.29, 0.717) is 18.5 Å². The van der Waals surface area contributed by atoms with E-state index in [1.807, 2.05) is 30.3 Å². The quantitative estimate of drug-likeness (QED) is 0.911. The van der Waals surface area contributed by atoms with E-state index in [9.17, 15) is 14.9 Å². The largest absolute Gasteiger partial charge is 0.334 e. The van der Waals surface area contributed by atoms with Gasteiger partial charge < -0.3 is 10.3 Å². The number of pyridine rings is 1. The summed E-state index contributed by atoms with van der Waals surface area (Å²) in [6.07, 6.45) is 4.17. The van der Waals surface area contributed by atoms with Gasteiger partial charge in [0.1, 0.15) is 11.1 Å². The van der Waals surface area contributed by atoms with Crippen LogP contribution in [0.4, 0.5) is 0 Å². The van der Waals surface area contributed by atoms with Crippen LogP contribution in [0.5, 0.6) is 0 Å². The molecule has 0 aliphatic heterocycles. The first kappa shape index (κ1) is 16.0. The fraction of sp³-hybridized carbons (Fsp3) is 0.316. The maximum absolute atomic E-state index is 12.5. The molecule has 5 nitrogen and oxygen atoms in total. The maximum Gasteiger partial charge on any atom is 0.261 e. The highest BCUT2D eigenvalue weighted by molar-refractivity contribution is 5.94. The number of carbonyl (C=O) groups is 1. The van der Waals surface area contributed by atoms with Gasteiger partial charge in [0, 0.05) is 5.69 Å². The molecule has 5 heteroatoms. The van der Waals surface area contributed by atoms with Gasteiger partial charge in [0.15, 0.2) is 0 Å². The van der Waals surface area contributed by atoms with Crippen LogP contribution in [0.25, 0.3) is 11.3 Å². The predicted octanol–water partition coefficient (Wildman–Crippen LogP) is 3.00. The van der Waals surface area contributed by atoms with Crippen molar-refractivity contribution in [3.05, 3.63) is 58.4 Å². The lowest BCUT2D eigenvalue weighted by Gasteiger charge is -2.31. The first-order valence-electron chi connectivity index (χ1n) is 8.16. The number of H-pyrrole nitrogens is 1. The molecule has 1 aliphatic carbocycles. The van der Waals surface area contributed by atoms with Crippen molar-refractivity contribution in [1.82, 2.24) is 10.3 Å². The fourth-order valence-electron chi connectivity index (χ4n) is 3.14. The highest BCUT2D eigenvalue weighted by Crippen LogP contribution is 2.27. The summed E-state index contributed by atoms with van der Waals surface area (Å²) < 4.78 is 0. The standard InChI is InChI=1S/C19H19N3O2/c20-13-19(11-5-2-6-12-19)22-18(24)15-9-10-16(21-17(15)23)14-7-3-1-4-8-14/h1,3-4,7-10H,2,5-6,11-12H2,(H,21,23)(H,22,24). The number of hydrogen-bond donors (Lipinski definition) is 2. The van der Waals surface area contributed by atoms with Crippen LogP contribution < -0.4 is 10.9 Å². The van der Waals surface area contributed by atoms with Gasteiger partial charge in [0.2, 0.25) is 0 Å². The monoisotopic (exact) mass is 321 g/mol. The average molecular weight is 321 g/mol. The zero-order chi connectivity index (χ0) is 17.0.